The van der Waals surface area contributed by atoms with Crippen LogP contribution in [0.4, 0.5) is 13.6 Å². The Morgan fingerprint density at radius 3 is 2.62 bits per heavy atom. The number of hydrogen-bond acceptors (Lipinski definition) is 2. The average Bonchev–Trinajstić information content (AvgIpc) is 2.88. The number of rotatable bonds is 3. The van der Waals surface area contributed by atoms with E-state index in [4.69, 9.17) is 0 Å². The second-order valence-corrected chi connectivity index (χ2v) is 7.91. The van der Waals surface area contributed by atoms with Gasteiger partial charge in [-0.25, -0.2) is 13.6 Å². The fraction of sp³-hybridized carbons (Fsp3) is 0.579. The Balaban J connectivity index is 1.78. The number of hydrogen-bond donors (Lipinski definition) is 1. The zero-order valence-corrected chi connectivity index (χ0v) is 15.6. The van der Waals surface area contributed by atoms with Crippen LogP contribution in [0.25, 0.3) is 0 Å². The van der Waals surface area contributed by atoms with Crippen molar-refractivity contribution in [3.8, 4) is 0 Å². The molecule has 7 heteroatoms. The van der Waals surface area contributed by atoms with Gasteiger partial charge in [0.05, 0.1) is 17.5 Å². The summed E-state index contributed by atoms with van der Waals surface area (Å²) in [5.41, 5.74) is -0.949. The summed E-state index contributed by atoms with van der Waals surface area (Å²) in [6.45, 7) is 8.13. The topological polar surface area (TPSA) is 52.7 Å². The Labute approximate surface area is 152 Å². The van der Waals surface area contributed by atoms with Gasteiger partial charge >= 0.3 is 6.03 Å². The van der Waals surface area contributed by atoms with Gasteiger partial charge in [-0.2, -0.15) is 0 Å². The fourth-order valence-electron chi connectivity index (χ4n) is 4.11. The monoisotopic (exact) mass is 365 g/mol. The van der Waals surface area contributed by atoms with E-state index in [1.165, 1.54) is 6.07 Å². The molecule has 0 radical (unpaired) electrons. The molecule has 0 aliphatic carbocycles. The van der Waals surface area contributed by atoms with E-state index in [2.05, 4.69) is 5.32 Å². The van der Waals surface area contributed by atoms with E-state index in [1.807, 2.05) is 18.7 Å². The van der Waals surface area contributed by atoms with Crippen molar-refractivity contribution in [1.82, 2.24) is 15.1 Å². The summed E-state index contributed by atoms with van der Waals surface area (Å²) >= 11 is 0. The Bertz CT molecular complexity index is 735. The first-order chi connectivity index (χ1) is 12.1. The number of carbonyl (C=O) groups excluding carboxylic acids is 2. The molecule has 2 heterocycles. The minimum Gasteiger partial charge on any atom is -0.340 e. The second-order valence-electron chi connectivity index (χ2n) is 7.91. The maximum absolute atomic E-state index is 14.2. The third-order valence-corrected chi connectivity index (χ3v) is 5.46. The van der Waals surface area contributed by atoms with E-state index >= 15 is 0 Å². The van der Waals surface area contributed by atoms with Crippen molar-refractivity contribution in [2.75, 3.05) is 13.1 Å². The highest BCUT2D eigenvalue weighted by atomic mass is 19.1. The van der Waals surface area contributed by atoms with Crippen LogP contribution in [0.15, 0.2) is 18.2 Å². The largest absolute Gasteiger partial charge is 0.340 e. The minimum absolute atomic E-state index is 0.0669. The standard InChI is InChI=1S/C19H25F2N3O2/c1-11(2)24-16-7-8-23(10-15(16)22-18(24)26)17(25)19(3,4)13-6-5-12(20)9-14(13)21/h5-6,9,11,15-16H,7-8,10H2,1-4H3,(H,22,26)/t15-,16+/m1/s1. The van der Waals surface area contributed by atoms with Gasteiger partial charge in [-0.1, -0.05) is 6.07 Å². The molecule has 0 saturated carbocycles. The second kappa shape index (κ2) is 6.52. The molecule has 2 fully saturated rings. The van der Waals surface area contributed by atoms with Gasteiger partial charge in [0.15, 0.2) is 0 Å². The number of likely N-dealkylation sites (tertiary alicyclic amines) is 1. The van der Waals surface area contributed by atoms with Gasteiger partial charge in [-0.05, 0) is 40.2 Å². The fourth-order valence-corrected chi connectivity index (χ4v) is 4.11. The van der Waals surface area contributed by atoms with Gasteiger partial charge in [0.1, 0.15) is 11.6 Å². The molecular formula is C19H25F2N3O2. The summed E-state index contributed by atoms with van der Waals surface area (Å²) in [5.74, 6) is -1.62. The predicted octanol–water partition coefficient (Wildman–Crippen LogP) is 2.65. The lowest BCUT2D eigenvalue weighted by atomic mass is 9.82. The van der Waals surface area contributed by atoms with Crippen LogP contribution in [0.5, 0.6) is 0 Å². The molecule has 1 aromatic carbocycles. The van der Waals surface area contributed by atoms with Crippen molar-refractivity contribution in [3.05, 3.63) is 35.4 Å². The van der Waals surface area contributed by atoms with Crippen LogP contribution in [0.2, 0.25) is 0 Å². The van der Waals surface area contributed by atoms with Gasteiger partial charge in [0.25, 0.3) is 0 Å². The number of urea groups is 1. The van der Waals surface area contributed by atoms with Gasteiger partial charge in [-0.15, -0.1) is 0 Å². The molecule has 0 spiro atoms. The van der Waals surface area contributed by atoms with E-state index in [-0.39, 0.29) is 35.6 Å². The van der Waals surface area contributed by atoms with Crippen LogP contribution in [0.3, 0.4) is 0 Å². The van der Waals surface area contributed by atoms with Crippen molar-refractivity contribution < 1.29 is 18.4 Å². The molecule has 26 heavy (non-hydrogen) atoms. The molecule has 5 nitrogen and oxygen atoms in total. The molecule has 1 N–H and O–H groups in total. The van der Waals surface area contributed by atoms with Crippen molar-refractivity contribution >= 4 is 11.9 Å². The quantitative estimate of drug-likeness (QED) is 0.895. The number of benzene rings is 1. The zero-order chi connectivity index (χ0) is 19.2. The highest BCUT2D eigenvalue weighted by Gasteiger charge is 2.46. The highest BCUT2D eigenvalue weighted by molar-refractivity contribution is 5.88. The summed E-state index contributed by atoms with van der Waals surface area (Å²) in [5, 5.41) is 2.95. The summed E-state index contributed by atoms with van der Waals surface area (Å²) in [7, 11) is 0. The van der Waals surface area contributed by atoms with Gasteiger partial charge in [0, 0.05) is 30.8 Å². The highest BCUT2D eigenvalue weighted by Crippen LogP contribution is 2.31. The average molecular weight is 365 g/mol. The van der Waals surface area contributed by atoms with E-state index in [0.717, 1.165) is 12.1 Å². The Morgan fingerprint density at radius 1 is 1.31 bits per heavy atom. The molecule has 0 unspecified atom stereocenters. The van der Waals surface area contributed by atoms with E-state index in [0.29, 0.717) is 19.5 Å². The number of nitrogens with zero attached hydrogens (tertiary/aromatic N) is 2. The number of piperidine rings is 1. The molecule has 2 atom stereocenters. The molecule has 2 aliphatic rings. The number of halogens is 2. The van der Waals surface area contributed by atoms with Crippen LogP contribution in [-0.4, -0.2) is 53.0 Å². The van der Waals surface area contributed by atoms with Crippen LogP contribution < -0.4 is 5.32 Å². The van der Waals surface area contributed by atoms with Gasteiger partial charge < -0.3 is 15.1 Å². The lowest BCUT2D eigenvalue weighted by Crippen LogP contribution is -2.56. The van der Waals surface area contributed by atoms with Crippen molar-refractivity contribution in [3.63, 3.8) is 0 Å². The minimum atomic E-state index is -1.12. The summed E-state index contributed by atoms with van der Waals surface area (Å²) in [6.07, 6.45) is 0.676. The number of fused-ring (bicyclic) bond motifs is 1. The number of nitrogens with one attached hydrogen (secondary N) is 1. The van der Waals surface area contributed by atoms with Crippen molar-refractivity contribution in [1.29, 1.82) is 0 Å². The molecule has 1 aromatic rings. The van der Waals surface area contributed by atoms with Crippen LogP contribution in [0.1, 0.15) is 39.7 Å². The molecule has 0 bridgehead atoms. The lowest BCUT2D eigenvalue weighted by molar-refractivity contribution is -0.138. The maximum Gasteiger partial charge on any atom is 0.318 e. The Kier molecular flexibility index (Phi) is 4.67. The lowest BCUT2D eigenvalue weighted by Gasteiger charge is -2.41. The molecule has 2 aliphatic heterocycles. The van der Waals surface area contributed by atoms with E-state index in [1.54, 1.807) is 18.7 Å². The summed E-state index contributed by atoms with van der Waals surface area (Å²) in [6, 6.07) is 3.22. The maximum atomic E-state index is 14.2. The van der Waals surface area contributed by atoms with Crippen LogP contribution >= 0.6 is 0 Å². The first-order valence-corrected chi connectivity index (χ1v) is 8.96. The number of amides is 3. The predicted molar refractivity (Wildman–Crippen MR) is 93.7 cm³/mol. The Hall–Kier alpha value is -2.18. The SMILES string of the molecule is CC(C)N1C(=O)N[C@@H]2CN(C(=O)C(C)(C)c3ccc(F)cc3F)CC[C@@H]21. The van der Waals surface area contributed by atoms with Gasteiger partial charge in [0.2, 0.25) is 5.91 Å². The van der Waals surface area contributed by atoms with Crippen molar-refractivity contribution in [2.24, 2.45) is 0 Å². The smallest absolute Gasteiger partial charge is 0.318 e. The van der Waals surface area contributed by atoms with Crippen LogP contribution in [-0.2, 0) is 10.2 Å². The molecule has 3 amide bonds. The summed E-state index contributed by atoms with van der Waals surface area (Å²) < 4.78 is 27.4. The molecule has 0 aromatic heterocycles. The molecule has 142 valence electrons. The third kappa shape index (κ3) is 3.04. The van der Waals surface area contributed by atoms with E-state index in [9.17, 15) is 18.4 Å². The first kappa shape index (κ1) is 18.6. The first-order valence-electron chi connectivity index (χ1n) is 8.96. The molecule has 3 rings (SSSR count). The van der Waals surface area contributed by atoms with Crippen LogP contribution in [0, 0.1) is 11.6 Å². The third-order valence-electron chi connectivity index (χ3n) is 5.46. The van der Waals surface area contributed by atoms with Crippen molar-refractivity contribution in [2.45, 2.75) is 57.7 Å². The normalized spacial score (nSPS) is 23.3. The van der Waals surface area contributed by atoms with E-state index < -0.39 is 17.0 Å². The summed E-state index contributed by atoms with van der Waals surface area (Å²) in [4.78, 5) is 28.8. The molecular weight excluding hydrogens is 340 g/mol. The Morgan fingerprint density at radius 2 is 2.00 bits per heavy atom. The zero-order valence-electron chi connectivity index (χ0n) is 15.6. The molecule has 2 saturated heterocycles. The number of carbonyl (C=O) groups is 2. The van der Waals surface area contributed by atoms with Gasteiger partial charge in [-0.3, -0.25) is 4.79 Å².